The van der Waals surface area contributed by atoms with Gasteiger partial charge in [0.05, 0.1) is 5.25 Å². The molecule has 5 N–H and O–H groups in total. The second-order valence-corrected chi connectivity index (χ2v) is 5.37. The van der Waals surface area contributed by atoms with Crippen molar-refractivity contribution in [1.82, 2.24) is 5.43 Å². The number of nitrogens with two attached hydrogens (primary N) is 2. The molecule has 1 atom stereocenters. The number of amides is 1. The van der Waals surface area contributed by atoms with Crippen LogP contribution < -0.4 is 17.0 Å². The SMILES string of the molecule is CCC(Sc1cc(Br)ccc1N)C(=O)NN. The molecule has 0 saturated heterocycles. The molecular weight excluding hydrogens is 290 g/mol. The van der Waals surface area contributed by atoms with Crippen LogP contribution in [0.4, 0.5) is 5.69 Å². The van der Waals surface area contributed by atoms with Crippen LogP contribution in [0.3, 0.4) is 0 Å². The van der Waals surface area contributed by atoms with Gasteiger partial charge in [-0.25, -0.2) is 5.84 Å². The van der Waals surface area contributed by atoms with Gasteiger partial charge in [-0.05, 0) is 24.6 Å². The fraction of sp³-hybridized carbons (Fsp3) is 0.300. The van der Waals surface area contributed by atoms with Crippen LogP contribution in [0.25, 0.3) is 0 Å². The zero-order chi connectivity index (χ0) is 12.1. The Balaban J connectivity index is 2.85. The highest BCUT2D eigenvalue weighted by Gasteiger charge is 2.17. The molecule has 0 aliphatic heterocycles. The van der Waals surface area contributed by atoms with Gasteiger partial charge in [0.25, 0.3) is 0 Å². The van der Waals surface area contributed by atoms with Crippen LogP contribution in [0.15, 0.2) is 27.6 Å². The topological polar surface area (TPSA) is 81.1 Å². The number of hydrogen-bond acceptors (Lipinski definition) is 4. The predicted molar refractivity (Wildman–Crippen MR) is 70.8 cm³/mol. The summed E-state index contributed by atoms with van der Waals surface area (Å²) in [6, 6.07) is 5.56. The summed E-state index contributed by atoms with van der Waals surface area (Å²) in [5.74, 6) is 4.93. The standard InChI is InChI=1S/C10H14BrN3OS/c1-2-8(10(15)14-13)16-9-5-6(11)3-4-7(9)12/h3-5,8H,2,12-13H2,1H3,(H,14,15). The molecule has 0 fully saturated rings. The van der Waals surface area contributed by atoms with Gasteiger partial charge in [0.15, 0.2) is 0 Å². The van der Waals surface area contributed by atoms with E-state index in [0.29, 0.717) is 12.1 Å². The molecule has 0 radical (unpaired) electrons. The number of nitrogen functional groups attached to an aromatic ring is 1. The van der Waals surface area contributed by atoms with E-state index in [-0.39, 0.29) is 11.2 Å². The molecule has 0 aliphatic carbocycles. The van der Waals surface area contributed by atoms with Crippen LogP contribution in [-0.4, -0.2) is 11.2 Å². The maximum absolute atomic E-state index is 11.4. The molecule has 4 nitrogen and oxygen atoms in total. The largest absolute Gasteiger partial charge is 0.398 e. The summed E-state index contributed by atoms with van der Waals surface area (Å²) < 4.78 is 0.937. The van der Waals surface area contributed by atoms with Crippen molar-refractivity contribution in [3.8, 4) is 0 Å². The van der Waals surface area contributed by atoms with Crippen LogP contribution in [0, 0.1) is 0 Å². The third-order valence-electron chi connectivity index (χ3n) is 2.05. The molecule has 0 heterocycles. The van der Waals surface area contributed by atoms with Crippen molar-refractivity contribution in [3.63, 3.8) is 0 Å². The molecule has 0 aromatic heterocycles. The Bertz CT molecular complexity index is 386. The third kappa shape index (κ3) is 3.40. The fourth-order valence-electron chi connectivity index (χ4n) is 1.18. The lowest BCUT2D eigenvalue weighted by molar-refractivity contribution is -0.120. The number of halogens is 1. The number of carbonyl (C=O) groups is 1. The average molecular weight is 304 g/mol. The highest BCUT2D eigenvalue weighted by atomic mass is 79.9. The summed E-state index contributed by atoms with van der Waals surface area (Å²) in [6.45, 7) is 1.93. The zero-order valence-corrected chi connectivity index (χ0v) is 11.3. The van der Waals surface area contributed by atoms with Crippen molar-refractivity contribution in [2.75, 3.05) is 5.73 Å². The molecule has 1 rings (SSSR count). The Morgan fingerprint density at radius 1 is 1.62 bits per heavy atom. The smallest absolute Gasteiger partial charge is 0.247 e. The molecule has 6 heteroatoms. The second kappa shape index (κ2) is 6.12. The first-order chi connectivity index (χ1) is 7.58. The van der Waals surface area contributed by atoms with E-state index >= 15 is 0 Å². The number of nitrogens with one attached hydrogen (secondary N) is 1. The maximum Gasteiger partial charge on any atom is 0.247 e. The van der Waals surface area contributed by atoms with Gasteiger partial charge in [-0.2, -0.15) is 0 Å². The minimum atomic E-state index is -0.221. The number of hydrogen-bond donors (Lipinski definition) is 3. The predicted octanol–water partition coefficient (Wildman–Crippen LogP) is 1.89. The van der Waals surface area contributed by atoms with Crippen molar-refractivity contribution in [3.05, 3.63) is 22.7 Å². The maximum atomic E-state index is 11.4. The molecular formula is C10H14BrN3OS. The van der Waals surface area contributed by atoms with Gasteiger partial charge in [-0.1, -0.05) is 22.9 Å². The summed E-state index contributed by atoms with van der Waals surface area (Å²) in [5, 5.41) is -0.221. The van der Waals surface area contributed by atoms with E-state index in [1.165, 1.54) is 11.8 Å². The zero-order valence-electron chi connectivity index (χ0n) is 8.87. The van der Waals surface area contributed by atoms with E-state index in [2.05, 4.69) is 21.4 Å². The first-order valence-electron chi connectivity index (χ1n) is 4.80. The fourth-order valence-corrected chi connectivity index (χ4v) is 2.74. The second-order valence-electron chi connectivity index (χ2n) is 3.21. The van der Waals surface area contributed by atoms with E-state index < -0.39 is 0 Å². The van der Waals surface area contributed by atoms with Gasteiger partial charge in [0.2, 0.25) is 5.91 Å². The molecule has 0 saturated carbocycles. The number of rotatable bonds is 4. The molecule has 0 spiro atoms. The van der Waals surface area contributed by atoms with Crippen LogP contribution >= 0.6 is 27.7 Å². The first-order valence-corrected chi connectivity index (χ1v) is 6.47. The Morgan fingerprint density at radius 2 is 2.31 bits per heavy atom. The Hall–Kier alpha value is -0.720. The highest BCUT2D eigenvalue weighted by molar-refractivity contribution is 9.10. The Kier molecular flexibility index (Phi) is 5.11. The molecule has 1 unspecified atom stereocenters. The Labute approximate surface area is 107 Å². The monoisotopic (exact) mass is 303 g/mol. The average Bonchev–Trinajstić information content (AvgIpc) is 2.29. The van der Waals surface area contributed by atoms with E-state index in [0.717, 1.165) is 9.37 Å². The van der Waals surface area contributed by atoms with E-state index in [1.807, 2.05) is 19.1 Å². The van der Waals surface area contributed by atoms with Crippen molar-refractivity contribution in [2.45, 2.75) is 23.5 Å². The summed E-state index contributed by atoms with van der Waals surface area (Å²) in [6.07, 6.45) is 0.694. The number of carbonyl (C=O) groups excluding carboxylic acids is 1. The minimum absolute atomic E-state index is 0.188. The van der Waals surface area contributed by atoms with Gasteiger partial charge in [0.1, 0.15) is 0 Å². The van der Waals surface area contributed by atoms with Crippen molar-refractivity contribution >= 4 is 39.3 Å². The van der Waals surface area contributed by atoms with Crippen LogP contribution in [0.5, 0.6) is 0 Å². The van der Waals surface area contributed by atoms with Gasteiger partial charge < -0.3 is 5.73 Å². The molecule has 16 heavy (non-hydrogen) atoms. The first kappa shape index (κ1) is 13.3. The van der Waals surface area contributed by atoms with Crippen molar-refractivity contribution in [2.24, 2.45) is 5.84 Å². The van der Waals surface area contributed by atoms with E-state index in [1.54, 1.807) is 6.07 Å². The van der Waals surface area contributed by atoms with E-state index in [4.69, 9.17) is 11.6 Å². The molecule has 1 aromatic carbocycles. The third-order valence-corrected chi connectivity index (χ3v) is 3.98. The van der Waals surface area contributed by atoms with Crippen molar-refractivity contribution < 1.29 is 4.79 Å². The Morgan fingerprint density at radius 3 is 2.88 bits per heavy atom. The van der Waals surface area contributed by atoms with Gasteiger partial charge in [0, 0.05) is 15.1 Å². The van der Waals surface area contributed by atoms with Crippen molar-refractivity contribution in [1.29, 1.82) is 0 Å². The van der Waals surface area contributed by atoms with E-state index in [9.17, 15) is 4.79 Å². The van der Waals surface area contributed by atoms with Crippen LogP contribution in [-0.2, 0) is 4.79 Å². The van der Waals surface area contributed by atoms with Gasteiger partial charge in [-0.3, -0.25) is 10.2 Å². The summed E-state index contributed by atoms with van der Waals surface area (Å²) in [5.41, 5.74) is 8.65. The number of benzene rings is 1. The molecule has 88 valence electrons. The van der Waals surface area contributed by atoms with Gasteiger partial charge >= 0.3 is 0 Å². The molecule has 1 amide bonds. The lowest BCUT2D eigenvalue weighted by atomic mass is 10.3. The normalized spacial score (nSPS) is 12.2. The quantitative estimate of drug-likeness (QED) is 0.261. The minimum Gasteiger partial charge on any atom is -0.398 e. The molecule has 0 aliphatic rings. The lowest BCUT2D eigenvalue weighted by Gasteiger charge is -2.14. The summed E-state index contributed by atoms with van der Waals surface area (Å²) in [4.78, 5) is 12.3. The lowest BCUT2D eigenvalue weighted by Crippen LogP contribution is -2.37. The summed E-state index contributed by atoms with van der Waals surface area (Å²) >= 11 is 4.78. The van der Waals surface area contributed by atoms with Crippen LogP contribution in [0.2, 0.25) is 0 Å². The number of anilines is 1. The molecule has 1 aromatic rings. The van der Waals surface area contributed by atoms with Gasteiger partial charge in [-0.15, -0.1) is 11.8 Å². The van der Waals surface area contributed by atoms with Crippen LogP contribution in [0.1, 0.15) is 13.3 Å². The summed E-state index contributed by atoms with van der Waals surface area (Å²) in [7, 11) is 0. The number of thioether (sulfide) groups is 1. The molecule has 0 bridgehead atoms. The highest BCUT2D eigenvalue weighted by Crippen LogP contribution is 2.32. The number of hydrazine groups is 1.